The molecule has 0 unspecified atom stereocenters. The van der Waals surface area contributed by atoms with Crippen LogP contribution >= 0.6 is 0 Å². The number of anilines is 3. The van der Waals surface area contributed by atoms with Gasteiger partial charge in [0.15, 0.2) is 0 Å². The first kappa shape index (κ1) is 28.2. The van der Waals surface area contributed by atoms with Gasteiger partial charge in [0.1, 0.15) is 18.5 Å². The van der Waals surface area contributed by atoms with Crippen LogP contribution in [0.3, 0.4) is 0 Å². The number of benzene rings is 4. The summed E-state index contributed by atoms with van der Waals surface area (Å²) in [4.78, 5) is 26.0. The third kappa shape index (κ3) is 7.18. The van der Waals surface area contributed by atoms with Crippen molar-refractivity contribution in [2.45, 2.75) is 20.0 Å². The van der Waals surface area contributed by atoms with E-state index in [0.29, 0.717) is 28.4 Å². The molecule has 0 radical (unpaired) electrons. The van der Waals surface area contributed by atoms with Crippen molar-refractivity contribution in [3.8, 4) is 5.75 Å². The number of para-hydroxylation sites is 2. The monoisotopic (exact) mass is 539 g/mol. The van der Waals surface area contributed by atoms with Crippen molar-refractivity contribution in [1.82, 2.24) is 0 Å². The normalized spacial score (nSPS) is 12.2. The van der Waals surface area contributed by atoms with Crippen LogP contribution in [0.5, 0.6) is 5.75 Å². The molecule has 0 aliphatic carbocycles. The molecule has 0 aliphatic heterocycles. The fourth-order valence-corrected chi connectivity index (χ4v) is 4.32. The number of rotatable bonds is 10. The molecule has 1 atom stereocenters. The van der Waals surface area contributed by atoms with Gasteiger partial charge >= 0.3 is 6.09 Å². The second-order valence-electron chi connectivity index (χ2n) is 9.81. The van der Waals surface area contributed by atoms with Crippen molar-refractivity contribution in [3.05, 3.63) is 109 Å². The van der Waals surface area contributed by atoms with Crippen LogP contribution in [0.15, 0.2) is 103 Å². The predicted octanol–water partition coefficient (Wildman–Crippen LogP) is 6.30. The summed E-state index contributed by atoms with van der Waals surface area (Å²) in [5.41, 5.74) is 7.36. The van der Waals surface area contributed by atoms with E-state index in [1.807, 2.05) is 62.4 Å². The number of fused-ring (bicyclic) bond motifs is 1. The van der Waals surface area contributed by atoms with Crippen molar-refractivity contribution in [2.24, 2.45) is 5.41 Å². The Morgan fingerprint density at radius 2 is 1.62 bits per heavy atom. The van der Waals surface area contributed by atoms with Crippen LogP contribution < -0.4 is 21.1 Å². The van der Waals surface area contributed by atoms with Gasteiger partial charge in [-0.25, -0.2) is 4.79 Å². The number of carbonyl (C=O) groups is 2. The SMILES string of the molecule is CC(C)(/C=C/C(=O)Nc1ccccc1N)[C@H](OC(=O)Nc1cccc2ccccc12)c1cccc(OCCO)c1. The molecule has 0 saturated heterocycles. The zero-order valence-corrected chi connectivity index (χ0v) is 22.5. The smallest absolute Gasteiger partial charge is 0.412 e. The highest BCUT2D eigenvalue weighted by Crippen LogP contribution is 2.39. The number of nitrogens with one attached hydrogen (secondary N) is 2. The summed E-state index contributed by atoms with van der Waals surface area (Å²) in [5, 5.41) is 16.7. The van der Waals surface area contributed by atoms with E-state index in [9.17, 15) is 9.59 Å². The van der Waals surface area contributed by atoms with Crippen molar-refractivity contribution < 1.29 is 24.2 Å². The van der Waals surface area contributed by atoms with Crippen LogP contribution in [0, 0.1) is 5.41 Å². The number of amides is 2. The first-order chi connectivity index (χ1) is 19.3. The van der Waals surface area contributed by atoms with Crippen LogP contribution in [0.4, 0.5) is 21.9 Å². The van der Waals surface area contributed by atoms with Crippen LogP contribution in [0.2, 0.25) is 0 Å². The molecule has 206 valence electrons. The molecule has 0 aliphatic rings. The minimum Gasteiger partial charge on any atom is -0.491 e. The van der Waals surface area contributed by atoms with E-state index in [1.165, 1.54) is 6.08 Å². The lowest BCUT2D eigenvalue weighted by Gasteiger charge is -2.32. The summed E-state index contributed by atoms with van der Waals surface area (Å²) in [5.74, 6) is 0.150. The van der Waals surface area contributed by atoms with Gasteiger partial charge in [-0.3, -0.25) is 10.1 Å². The maximum atomic E-state index is 13.2. The fourth-order valence-electron chi connectivity index (χ4n) is 4.32. The molecule has 0 heterocycles. The molecule has 8 nitrogen and oxygen atoms in total. The van der Waals surface area contributed by atoms with Gasteiger partial charge in [-0.2, -0.15) is 0 Å². The molecule has 40 heavy (non-hydrogen) atoms. The van der Waals surface area contributed by atoms with E-state index in [4.69, 9.17) is 20.3 Å². The second-order valence-corrected chi connectivity index (χ2v) is 9.81. The van der Waals surface area contributed by atoms with Gasteiger partial charge in [0.2, 0.25) is 5.91 Å². The first-order valence-electron chi connectivity index (χ1n) is 12.9. The molecule has 8 heteroatoms. The number of aliphatic hydroxyl groups is 1. The molecular weight excluding hydrogens is 506 g/mol. The standard InChI is InChI=1S/C32H33N3O5/c1-32(2,18-17-29(37)34-28-15-6-5-14-26(28)33)30(23-11-7-12-24(21-23)39-20-19-36)40-31(38)35-27-16-8-10-22-9-3-4-13-25(22)27/h3-18,21,30,36H,19-20,33H2,1-2H3,(H,34,37)(H,35,38)/b18-17+/t30-/m1/s1. The third-order valence-corrected chi connectivity index (χ3v) is 6.33. The average molecular weight is 540 g/mol. The summed E-state index contributed by atoms with van der Waals surface area (Å²) in [6.45, 7) is 3.73. The molecule has 0 fully saturated rings. The highest BCUT2D eigenvalue weighted by Gasteiger charge is 2.33. The molecule has 0 aromatic heterocycles. The number of nitrogen functional groups attached to an aromatic ring is 1. The number of hydrogen-bond acceptors (Lipinski definition) is 6. The lowest BCUT2D eigenvalue weighted by Crippen LogP contribution is -2.28. The van der Waals surface area contributed by atoms with Gasteiger partial charge in [-0.15, -0.1) is 0 Å². The van der Waals surface area contributed by atoms with Crippen LogP contribution in [0.25, 0.3) is 10.8 Å². The lowest BCUT2D eigenvalue weighted by molar-refractivity contribution is -0.112. The molecule has 0 saturated carbocycles. The molecular formula is C32H33N3O5. The Morgan fingerprint density at radius 1 is 0.925 bits per heavy atom. The molecule has 4 aromatic rings. The molecule has 4 aromatic carbocycles. The lowest BCUT2D eigenvalue weighted by atomic mass is 9.82. The molecule has 0 spiro atoms. The fraction of sp³-hybridized carbons (Fsp3) is 0.188. The number of nitrogens with two attached hydrogens (primary N) is 1. The minimum atomic E-state index is -0.828. The van der Waals surface area contributed by atoms with Gasteiger partial charge in [0.25, 0.3) is 0 Å². The Hall–Kier alpha value is -4.82. The number of hydrogen-bond donors (Lipinski definition) is 4. The summed E-state index contributed by atoms with van der Waals surface area (Å²) < 4.78 is 11.6. The minimum absolute atomic E-state index is 0.128. The summed E-state index contributed by atoms with van der Waals surface area (Å²) >= 11 is 0. The first-order valence-corrected chi connectivity index (χ1v) is 12.9. The van der Waals surface area contributed by atoms with Crippen molar-refractivity contribution >= 4 is 39.8 Å². The Labute approximate surface area is 233 Å². The zero-order valence-electron chi connectivity index (χ0n) is 22.5. The van der Waals surface area contributed by atoms with Gasteiger partial charge in [0, 0.05) is 10.8 Å². The largest absolute Gasteiger partial charge is 0.491 e. The Morgan fingerprint density at radius 3 is 2.42 bits per heavy atom. The number of aliphatic hydroxyl groups excluding tert-OH is 1. The summed E-state index contributed by atoms with van der Waals surface area (Å²) in [7, 11) is 0. The van der Waals surface area contributed by atoms with Crippen molar-refractivity contribution in [3.63, 3.8) is 0 Å². The maximum Gasteiger partial charge on any atom is 0.412 e. The van der Waals surface area contributed by atoms with Crippen molar-refractivity contribution in [1.29, 1.82) is 0 Å². The van der Waals surface area contributed by atoms with Gasteiger partial charge in [-0.05, 0) is 47.4 Å². The van der Waals surface area contributed by atoms with Crippen molar-refractivity contribution in [2.75, 3.05) is 29.6 Å². The number of ether oxygens (including phenoxy) is 2. The van der Waals surface area contributed by atoms with E-state index in [1.54, 1.807) is 48.5 Å². The maximum absolute atomic E-state index is 13.2. The van der Waals surface area contributed by atoms with Gasteiger partial charge in [0.05, 0.1) is 23.7 Å². The topological polar surface area (TPSA) is 123 Å². The second kappa shape index (κ2) is 12.8. The van der Waals surface area contributed by atoms with E-state index in [2.05, 4.69) is 10.6 Å². The zero-order chi connectivity index (χ0) is 28.5. The summed E-state index contributed by atoms with van der Waals surface area (Å²) in [6.07, 6.45) is 1.65. The van der Waals surface area contributed by atoms with Gasteiger partial charge in [-0.1, -0.05) is 80.6 Å². The Kier molecular flexibility index (Phi) is 9.04. The highest BCUT2D eigenvalue weighted by molar-refractivity contribution is 6.01. The number of carbonyl (C=O) groups excluding carboxylic acids is 2. The Bertz CT molecular complexity index is 1510. The average Bonchev–Trinajstić information content (AvgIpc) is 2.95. The highest BCUT2D eigenvalue weighted by atomic mass is 16.6. The van der Waals surface area contributed by atoms with Crippen LogP contribution in [-0.4, -0.2) is 30.3 Å². The molecule has 0 bridgehead atoms. The van der Waals surface area contributed by atoms with E-state index in [-0.39, 0.29) is 19.1 Å². The van der Waals surface area contributed by atoms with E-state index in [0.717, 1.165) is 10.8 Å². The van der Waals surface area contributed by atoms with E-state index < -0.39 is 17.6 Å². The predicted molar refractivity (Wildman–Crippen MR) is 158 cm³/mol. The van der Waals surface area contributed by atoms with Gasteiger partial charge < -0.3 is 25.6 Å². The van der Waals surface area contributed by atoms with Crippen LogP contribution in [-0.2, 0) is 9.53 Å². The van der Waals surface area contributed by atoms with E-state index >= 15 is 0 Å². The quantitative estimate of drug-likeness (QED) is 0.138. The summed E-state index contributed by atoms with van der Waals surface area (Å²) in [6, 6.07) is 27.5. The molecule has 4 rings (SSSR count). The molecule has 2 amide bonds. The molecule has 5 N–H and O–H groups in total. The van der Waals surface area contributed by atoms with Crippen LogP contribution in [0.1, 0.15) is 25.5 Å². The Balaban J connectivity index is 1.59. The third-order valence-electron chi connectivity index (χ3n) is 6.33.